The Labute approximate surface area is 139 Å². The molecule has 0 fully saturated rings. The lowest BCUT2D eigenvalue weighted by molar-refractivity contribution is -0.152. The van der Waals surface area contributed by atoms with Crippen LogP contribution in [0.1, 0.15) is 46.1 Å². The van der Waals surface area contributed by atoms with Crippen LogP contribution in [0.3, 0.4) is 0 Å². The van der Waals surface area contributed by atoms with Crippen LogP contribution in [0.2, 0.25) is 0 Å². The Morgan fingerprint density at radius 2 is 1.87 bits per heavy atom. The summed E-state index contributed by atoms with van der Waals surface area (Å²) in [5.41, 5.74) is 0.781. The molecular weight excluding hydrogens is 290 g/mol. The molecule has 1 unspecified atom stereocenters. The summed E-state index contributed by atoms with van der Waals surface area (Å²) >= 11 is 0. The molecule has 0 saturated heterocycles. The highest BCUT2D eigenvalue weighted by molar-refractivity contribution is 5.83. The number of ether oxygens (including phenoxy) is 1. The van der Waals surface area contributed by atoms with Crippen molar-refractivity contribution in [1.82, 2.24) is 10.6 Å². The van der Waals surface area contributed by atoms with E-state index in [2.05, 4.69) is 34.7 Å². The number of nitrogens with zero attached hydrogens (tertiary/aromatic N) is 1. The Balaban J connectivity index is 2.54. The van der Waals surface area contributed by atoms with Crippen LogP contribution in [-0.2, 0) is 9.53 Å². The van der Waals surface area contributed by atoms with E-state index in [4.69, 9.17) is 4.74 Å². The van der Waals surface area contributed by atoms with Crippen LogP contribution in [0.25, 0.3) is 0 Å². The predicted molar refractivity (Wildman–Crippen MR) is 94.7 cm³/mol. The third-order valence-electron chi connectivity index (χ3n) is 3.07. The molecule has 0 aliphatic carbocycles. The molecule has 0 radical (unpaired) electrons. The molecule has 0 aliphatic heterocycles. The van der Waals surface area contributed by atoms with Crippen molar-refractivity contribution in [3.05, 3.63) is 35.9 Å². The van der Waals surface area contributed by atoms with Crippen LogP contribution in [-0.4, -0.2) is 37.2 Å². The summed E-state index contributed by atoms with van der Waals surface area (Å²) in [6.07, 6.45) is 0. The molecule has 5 heteroatoms. The van der Waals surface area contributed by atoms with E-state index in [-0.39, 0.29) is 12.5 Å². The molecule has 0 aliphatic rings. The molecule has 1 rings (SSSR count). The summed E-state index contributed by atoms with van der Waals surface area (Å²) in [6.45, 7) is 11.2. The van der Waals surface area contributed by atoms with E-state index < -0.39 is 5.60 Å². The van der Waals surface area contributed by atoms with E-state index in [1.807, 2.05) is 45.9 Å². The average Bonchev–Trinajstić information content (AvgIpc) is 2.49. The SMILES string of the molecule is CCNC(=NCC(=O)OC(C)(C)C)NCC(C)c1ccccc1. The Hall–Kier alpha value is -2.04. The van der Waals surface area contributed by atoms with Gasteiger partial charge in [-0.2, -0.15) is 0 Å². The fourth-order valence-electron chi connectivity index (χ4n) is 2.01. The van der Waals surface area contributed by atoms with E-state index in [1.54, 1.807) is 0 Å². The number of carbonyl (C=O) groups is 1. The third-order valence-corrected chi connectivity index (χ3v) is 3.07. The molecule has 0 heterocycles. The lowest BCUT2D eigenvalue weighted by atomic mass is 10.0. The molecule has 1 atom stereocenters. The number of benzene rings is 1. The predicted octanol–water partition coefficient (Wildman–Crippen LogP) is 2.69. The number of nitrogens with one attached hydrogen (secondary N) is 2. The second kappa shape index (κ2) is 9.18. The minimum absolute atomic E-state index is 0.00627. The second-order valence-electron chi connectivity index (χ2n) is 6.47. The summed E-state index contributed by atoms with van der Waals surface area (Å²) in [6, 6.07) is 10.3. The standard InChI is InChI=1S/C18H29N3O2/c1-6-19-17(21-13-16(22)23-18(3,4)5)20-12-14(2)15-10-8-7-9-11-15/h7-11,14H,6,12-13H2,1-5H3,(H2,19,20,21). The normalized spacial score (nSPS) is 13.3. The van der Waals surface area contributed by atoms with Crippen molar-refractivity contribution >= 4 is 11.9 Å². The van der Waals surface area contributed by atoms with Gasteiger partial charge in [-0.25, -0.2) is 4.99 Å². The van der Waals surface area contributed by atoms with Crippen LogP contribution in [0.15, 0.2) is 35.3 Å². The zero-order chi connectivity index (χ0) is 17.3. The number of esters is 1. The number of rotatable bonds is 6. The van der Waals surface area contributed by atoms with Crippen molar-refractivity contribution < 1.29 is 9.53 Å². The molecule has 0 bridgehead atoms. The topological polar surface area (TPSA) is 62.7 Å². The van der Waals surface area contributed by atoms with Gasteiger partial charge in [0.15, 0.2) is 5.96 Å². The fourth-order valence-corrected chi connectivity index (χ4v) is 2.01. The van der Waals surface area contributed by atoms with E-state index in [9.17, 15) is 4.79 Å². The lowest BCUT2D eigenvalue weighted by Crippen LogP contribution is -2.39. The molecule has 1 aromatic carbocycles. The van der Waals surface area contributed by atoms with Crippen LogP contribution in [0, 0.1) is 0 Å². The van der Waals surface area contributed by atoms with Gasteiger partial charge in [0.25, 0.3) is 0 Å². The van der Waals surface area contributed by atoms with E-state index in [0.29, 0.717) is 11.9 Å². The average molecular weight is 319 g/mol. The highest BCUT2D eigenvalue weighted by Gasteiger charge is 2.16. The molecule has 128 valence electrons. The van der Waals surface area contributed by atoms with Crippen LogP contribution >= 0.6 is 0 Å². The molecule has 0 aromatic heterocycles. The summed E-state index contributed by atoms with van der Waals surface area (Å²) < 4.78 is 5.26. The van der Waals surface area contributed by atoms with Gasteiger partial charge in [-0.05, 0) is 39.2 Å². The van der Waals surface area contributed by atoms with E-state index in [0.717, 1.165) is 13.1 Å². The van der Waals surface area contributed by atoms with Crippen molar-refractivity contribution in [3.63, 3.8) is 0 Å². The Bertz CT molecular complexity index is 507. The van der Waals surface area contributed by atoms with Crippen LogP contribution in [0.4, 0.5) is 0 Å². The van der Waals surface area contributed by atoms with E-state index in [1.165, 1.54) is 5.56 Å². The minimum Gasteiger partial charge on any atom is -0.459 e. The molecule has 5 nitrogen and oxygen atoms in total. The molecule has 1 aromatic rings. The lowest BCUT2D eigenvalue weighted by Gasteiger charge is -2.19. The molecule has 0 amide bonds. The number of hydrogen-bond acceptors (Lipinski definition) is 3. The highest BCUT2D eigenvalue weighted by Crippen LogP contribution is 2.12. The third kappa shape index (κ3) is 8.24. The summed E-state index contributed by atoms with van der Waals surface area (Å²) in [7, 11) is 0. The number of hydrogen-bond donors (Lipinski definition) is 2. The van der Waals surface area contributed by atoms with Crippen molar-refractivity contribution in [1.29, 1.82) is 0 Å². The van der Waals surface area contributed by atoms with Crippen LogP contribution < -0.4 is 10.6 Å². The molecule has 0 saturated carbocycles. The minimum atomic E-state index is -0.486. The first-order valence-electron chi connectivity index (χ1n) is 8.10. The van der Waals surface area contributed by atoms with E-state index >= 15 is 0 Å². The van der Waals surface area contributed by atoms with Gasteiger partial charge in [-0.1, -0.05) is 37.3 Å². The van der Waals surface area contributed by atoms with Gasteiger partial charge in [0.05, 0.1) is 0 Å². The summed E-state index contributed by atoms with van der Waals surface area (Å²) in [5, 5.41) is 6.41. The van der Waals surface area contributed by atoms with Gasteiger partial charge in [0.1, 0.15) is 12.1 Å². The van der Waals surface area contributed by atoms with Crippen molar-refractivity contribution in [2.75, 3.05) is 19.6 Å². The Morgan fingerprint density at radius 3 is 2.43 bits per heavy atom. The summed E-state index contributed by atoms with van der Waals surface area (Å²) in [4.78, 5) is 16.0. The van der Waals surface area contributed by atoms with Crippen molar-refractivity contribution in [3.8, 4) is 0 Å². The summed E-state index contributed by atoms with van der Waals surface area (Å²) in [5.74, 6) is 0.647. The Morgan fingerprint density at radius 1 is 1.22 bits per heavy atom. The fraction of sp³-hybridized carbons (Fsp3) is 0.556. The molecule has 23 heavy (non-hydrogen) atoms. The van der Waals surface area contributed by atoms with Gasteiger partial charge in [-0.15, -0.1) is 0 Å². The molecule has 2 N–H and O–H groups in total. The smallest absolute Gasteiger partial charge is 0.328 e. The zero-order valence-corrected chi connectivity index (χ0v) is 14.8. The maximum Gasteiger partial charge on any atom is 0.328 e. The maximum absolute atomic E-state index is 11.7. The largest absolute Gasteiger partial charge is 0.459 e. The molecular formula is C18H29N3O2. The first kappa shape index (κ1) is 19.0. The zero-order valence-electron chi connectivity index (χ0n) is 14.8. The van der Waals surface area contributed by atoms with Gasteiger partial charge < -0.3 is 15.4 Å². The van der Waals surface area contributed by atoms with Gasteiger partial charge >= 0.3 is 5.97 Å². The van der Waals surface area contributed by atoms with Crippen molar-refractivity contribution in [2.45, 2.75) is 46.1 Å². The maximum atomic E-state index is 11.7. The van der Waals surface area contributed by atoms with Gasteiger partial charge in [0.2, 0.25) is 0 Å². The van der Waals surface area contributed by atoms with Gasteiger partial charge in [-0.3, -0.25) is 4.79 Å². The number of aliphatic imine (C=N–C) groups is 1. The number of guanidine groups is 1. The monoisotopic (exact) mass is 319 g/mol. The Kier molecular flexibility index (Phi) is 7.59. The van der Waals surface area contributed by atoms with Crippen molar-refractivity contribution in [2.24, 2.45) is 4.99 Å². The number of carbonyl (C=O) groups excluding carboxylic acids is 1. The first-order chi connectivity index (χ1) is 10.8. The van der Waals surface area contributed by atoms with Crippen LogP contribution in [0.5, 0.6) is 0 Å². The molecule has 0 spiro atoms. The quantitative estimate of drug-likeness (QED) is 0.481. The first-order valence-corrected chi connectivity index (χ1v) is 8.10. The van der Waals surface area contributed by atoms with Gasteiger partial charge in [0, 0.05) is 13.1 Å². The highest BCUT2D eigenvalue weighted by atomic mass is 16.6. The second-order valence-corrected chi connectivity index (χ2v) is 6.47.